The molecule has 2 aromatic carbocycles. The number of carboxylic acid groups (broad SMARTS) is 2. The van der Waals surface area contributed by atoms with E-state index in [1.165, 1.54) is 12.1 Å². The molecule has 5 heteroatoms. The van der Waals surface area contributed by atoms with Gasteiger partial charge in [0.2, 0.25) is 0 Å². The lowest BCUT2D eigenvalue weighted by atomic mass is 10.1. The number of carboxylic acids is 2. The van der Waals surface area contributed by atoms with Gasteiger partial charge in [0.15, 0.2) is 0 Å². The average Bonchev–Trinajstić information content (AvgIpc) is 2.40. The van der Waals surface area contributed by atoms with E-state index in [1.807, 2.05) is 6.92 Å². The summed E-state index contributed by atoms with van der Waals surface area (Å²) in [5.41, 5.74) is 2.59. The number of hydrogen-bond acceptors (Lipinski definition) is 3. The van der Waals surface area contributed by atoms with E-state index in [0.29, 0.717) is 11.4 Å². The molecule has 0 spiro atoms. The van der Waals surface area contributed by atoms with E-state index in [9.17, 15) is 19.8 Å². The molecule has 0 saturated carbocycles. The number of rotatable bonds is 4. The van der Waals surface area contributed by atoms with Crippen LogP contribution in [-0.2, 0) is 0 Å². The SMILES string of the molecule is Cc1ccc(C(=O)O)c(Nc2c(C)cccc2C(=O)O)c1. The molecule has 0 atom stereocenters. The lowest BCUT2D eigenvalue weighted by Crippen LogP contribution is -2.08. The third kappa shape index (κ3) is 3.02. The molecule has 0 aliphatic carbocycles. The van der Waals surface area contributed by atoms with Gasteiger partial charge in [-0.15, -0.1) is 0 Å². The summed E-state index contributed by atoms with van der Waals surface area (Å²) >= 11 is 0. The fourth-order valence-corrected chi connectivity index (χ4v) is 2.09. The second-order valence-corrected chi connectivity index (χ2v) is 4.78. The Morgan fingerprint density at radius 2 is 1.62 bits per heavy atom. The zero-order valence-electron chi connectivity index (χ0n) is 11.7. The van der Waals surface area contributed by atoms with Crippen molar-refractivity contribution in [2.75, 3.05) is 5.32 Å². The Balaban J connectivity index is 2.55. The Kier molecular flexibility index (Phi) is 3.93. The molecule has 5 nitrogen and oxygen atoms in total. The maximum Gasteiger partial charge on any atom is 0.337 e. The smallest absolute Gasteiger partial charge is 0.337 e. The minimum Gasteiger partial charge on any atom is -0.478 e. The molecule has 2 rings (SSSR count). The van der Waals surface area contributed by atoms with Crippen LogP contribution in [0, 0.1) is 13.8 Å². The van der Waals surface area contributed by atoms with Gasteiger partial charge < -0.3 is 15.5 Å². The van der Waals surface area contributed by atoms with Crippen LogP contribution in [0.5, 0.6) is 0 Å². The number of para-hydroxylation sites is 1. The predicted octanol–water partition coefficient (Wildman–Crippen LogP) is 3.44. The van der Waals surface area contributed by atoms with Gasteiger partial charge in [-0.2, -0.15) is 0 Å². The number of carbonyl (C=O) groups is 2. The molecule has 0 unspecified atom stereocenters. The van der Waals surface area contributed by atoms with Crippen molar-refractivity contribution < 1.29 is 19.8 Å². The van der Waals surface area contributed by atoms with Crippen LogP contribution in [0.1, 0.15) is 31.8 Å². The van der Waals surface area contributed by atoms with Crippen LogP contribution in [0.25, 0.3) is 0 Å². The predicted molar refractivity (Wildman–Crippen MR) is 79.6 cm³/mol. The first-order valence-electron chi connectivity index (χ1n) is 6.34. The third-order valence-electron chi connectivity index (χ3n) is 3.17. The van der Waals surface area contributed by atoms with Crippen LogP contribution in [0.2, 0.25) is 0 Å². The largest absolute Gasteiger partial charge is 0.478 e. The molecular weight excluding hydrogens is 270 g/mol. The maximum absolute atomic E-state index is 11.3. The van der Waals surface area contributed by atoms with E-state index in [4.69, 9.17) is 0 Å². The van der Waals surface area contributed by atoms with Gasteiger partial charge in [-0.3, -0.25) is 0 Å². The van der Waals surface area contributed by atoms with Crippen LogP contribution in [-0.4, -0.2) is 22.2 Å². The Morgan fingerprint density at radius 3 is 2.24 bits per heavy atom. The fraction of sp³-hybridized carbons (Fsp3) is 0.125. The molecule has 3 N–H and O–H groups in total. The average molecular weight is 285 g/mol. The Labute approximate surface area is 121 Å². The van der Waals surface area contributed by atoms with Gasteiger partial charge in [0.1, 0.15) is 0 Å². The van der Waals surface area contributed by atoms with Crippen molar-refractivity contribution in [2.24, 2.45) is 0 Å². The topological polar surface area (TPSA) is 86.6 Å². The molecule has 0 radical (unpaired) electrons. The van der Waals surface area contributed by atoms with Gasteiger partial charge in [0.05, 0.1) is 22.5 Å². The number of hydrogen-bond donors (Lipinski definition) is 3. The first-order chi connectivity index (χ1) is 9.90. The number of benzene rings is 2. The van der Waals surface area contributed by atoms with E-state index >= 15 is 0 Å². The summed E-state index contributed by atoms with van der Waals surface area (Å²) in [4.78, 5) is 22.6. The third-order valence-corrected chi connectivity index (χ3v) is 3.17. The second kappa shape index (κ2) is 5.66. The van der Waals surface area contributed by atoms with Gasteiger partial charge in [0, 0.05) is 0 Å². The summed E-state index contributed by atoms with van der Waals surface area (Å²) in [6.07, 6.45) is 0. The summed E-state index contributed by atoms with van der Waals surface area (Å²) in [6, 6.07) is 9.78. The number of anilines is 2. The maximum atomic E-state index is 11.3. The molecule has 0 aliphatic rings. The van der Waals surface area contributed by atoms with Crippen molar-refractivity contribution in [3.63, 3.8) is 0 Å². The number of aryl methyl sites for hydroxylation is 2. The van der Waals surface area contributed by atoms with Crippen molar-refractivity contribution in [3.05, 3.63) is 58.7 Å². The quantitative estimate of drug-likeness (QED) is 0.801. The molecule has 2 aromatic rings. The highest BCUT2D eigenvalue weighted by atomic mass is 16.4. The molecule has 0 heterocycles. The summed E-state index contributed by atoms with van der Waals surface area (Å²) in [5, 5.41) is 21.4. The summed E-state index contributed by atoms with van der Waals surface area (Å²) in [7, 11) is 0. The fourth-order valence-electron chi connectivity index (χ4n) is 2.09. The highest BCUT2D eigenvalue weighted by molar-refractivity contribution is 5.99. The molecule has 0 aromatic heterocycles. The molecule has 0 saturated heterocycles. The zero-order chi connectivity index (χ0) is 15.6. The van der Waals surface area contributed by atoms with Gasteiger partial charge in [-0.25, -0.2) is 9.59 Å². The van der Waals surface area contributed by atoms with Gasteiger partial charge in [-0.05, 0) is 43.2 Å². The van der Waals surface area contributed by atoms with E-state index < -0.39 is 11.9 Å². The summed E-state index contributed by atoms with van der Waals surface area (Å²) in [5.74, 6) is -2.13. The van der Waals surface area contributed by atoms with Gasteiger partial charge in [-0.1, -0.05) is 18.2 Å². The van der Waals surface area contributed by atoms with E-state index in [1.54, 1.807) is 31.2 Å². The molecule has 21 heavy (non-hydrogen) atoms. The summed E-state index contributed by atoms with van der Waals surface area (Å²) in [6.45, 7) is 3.61. The van der Waals surface area contributed by atoms with Crippen LogP contribution in [0.3, 0.4) is 0 Å². The van der Waals surface area contributed by atoms with Crippen molar-refractivity contribution >= 4 is 23.3 Å². The molecule has 0 aliphatic heterocycles. The van der Waals surface area contributed by atoms with Crippen LogP contribution < -0.4 is 5.32 Å². The van der Waals surface area contributed by atoms with Crippen molar-refractivity contribution in [1.29, 1.82) is 0 Å². The first-order valence-corrected chi connectivity index (χ1v) is 6.34. The minimum atomic E-state index is -1.07. The Bertz CT molecular complexity index is 722. The normalized spacial score (nSPS) is 10.2. The minimum absolute atomic E-state index is 0.0974. The van der Waals surface area contributed by atoms with E-state index in [2.05, 4.69) is 5.32 Å². The highest BCUT2D eigenvalue weighted by Crippen LogP contribution is 2.28. The van der Waals surface area contributed by atoms with Crippen molar-refractivity contribution in [1.82, 2.24) is 0 Å². The van der Waals surface area contributed by atoms with Gasteiger partial charge in [0.25, 0.3) is 0 Å². The van der Waals surface area contributed by atoms with Crippen molar-refractivity contribution in [2.45, 2.75) is 13.8 Å². The molecule has 0 fully saturated rings. The van der Waals surface area contributed by atoms with Crippen molar-refractivity contribution in [3.8, 4) is 0 Å². The lowest BCUT2D eigenvalue weighted by molar-refractivity contribution is 0.0688. The van der Waals surface area contributed by atoms with Crippen LogP contribution >= 0.6 is 0 Å². The Morgan fingerprint density at radius 1 is 0.952 bits per heavy atom. The molecular formula is C16H15NO4. The standard InChI is InChI=1S/C16H15NO4/c1-9-6-7-11(15(18)19)13(8-9)17-14-10(2)4-3-5-12(14)16(20)21/h3-8,17H,1-2H3,(H,18,19)(H,20,21). The number of aromatic carboxylic acids is 2. The highest BCUT2D eigenvalue weighted by Gasteiger charge is 2.16. The molecule has 0 bridgehead atoms. The van der Waals surface area contributed by atoms with Crippen LogP contribution in [0.4, 0.5) is 11.4 Å². The summed E-state index contributed by atoms with van der Waals surface area (Å²) < 4.78 is 0. The molecule has 0 amide bonds. The lowest BCUT2D eigenvalue weighted by Gasteiger charge is -2.15. The zero-order valence-corrected chi connectivity index (χ0v) is 11.7. The monoisotopic (exact) mass is 285 g/mol. The number of nitrogens with one attached hydrogen (secondary N) is 1. The van der Waals surface area contributed by atoms with Gasteiger partial charge >= 0.3 is 11.9 Å². The van der Waals surface area contributed by atoms with Crippen LogP contribution in [0.15, 0.2) is 36.4 Å². The Hall–Kier alpha value is -2.82. The van der Waals surface area contributed by atoms with E-state index in [-0.39, 0.29) is 11.1 Å². The first kappa shape index (κ1) is 14.6. The second-order valence-electron chi connectivity index (χ2n) is 4.78. The molecule has 108 valence electrons. The van der Waals surface area contributed by atoms with E-state index in [0.717, 1.165) is 11.1 Å².